The van der Waals surface area contributed by atoms with Crippen LogP contribution in [0.25, 0.3) is 11.1 Å². The first kappa shape index (κ1) is 18.1. The van der Waals surface area contributed by atoms with E-state index in [1.807, 2.05) is 30.3 Å². The molecule has 126 valence electrons. The smallest absolute Gasteiger partial charge is 0.123 e. The first-order valence-corrected chi connectivity index (χ1v) is 8.82. The molecule has 2 nitrogen and oxygen atoms in total. The van der Waals surface area contributed by atoms with Gasteiger partial charge in [0.1, 0.15) is 5.75 Å². The first-order valence-electron chi connectivity index (χ1n) is 8.82. The average Bonchev–Trinajstić information content (AvgIpc) is 2.58. The van der Waals surface area contributed by atoms with Crippen molar-refractivity contribution in [2.75, 3.05) is 0 Å². The molecule has 0 unspecified atom stereocenters. The van der Waals surface area contributed by atoms with Crippen LogP contribution >= 0.6 is 0 Å². The molecule has 2 rings (SSSR count). The van der Waals surface area contributed by atoms with Crippen molar-refractivity contribution in [1.29, 1.82) is 5.26 Å². The van der Waals surface area contributed by atoms with E-state index in [1.54, 1.807) is 6.07 Å². The number of benzene rings is 2. The van der Waals surface area contributed by atoms with Gasteiger partial charge in [0.2, 0.25) is 0 Å². The lowest BCUT2D eigenvalue weighted by Gasteiger charge is -2.26. The molecule has 1 N–H and O–H groups in total. The number of nitrogens with zero attached hydrogens (tertiary/aromatic N) is 1. The molecular weight excluding hydrogens is 294 g/mol. The van der Waals surface area contributed by atoms with E-state index in [1.165, 1.54) is 25.7 Å². The minimum absolute atomic E-state index is 0.0538. The van der Waals surface area contributed by atoms with E-state index in [4.69, 9.17) is 5.26 Å². The van der Waals surface area contributed by atoms with Crippen LogP contribution in [0.1, 0.15) is 64.0 Å². The van der Waals surface area contributed by atoms with Crippen LogP contribution in [0.15, 0.2) is 42.5 Å². The Labute approximate surface area is 145 Å². The van der Waals surface area contributed by atoms with Crippen molar-refractivity contribution in [3.8, 4) is 22.9 Å². The zero-order valence-corrected chi connectivity index (χ0v) is 15.0. The predicted octanol–water partition coefficient (Wildman–Crippen LogP) is 6.18. The molecule has 2 aromatic rings. The minimum atomic E-state index is 0.0538. The van der Waals surface area contributed by atoms with Crippen LogP contribution in [0.2, 0.25) is 0 Å². The van der Waals surface area contributed by atoms with Gasteiger partial charge in [-0.15, -0.1) is 0 Å². The number of nitriles is 1. The maximum Gasteiger partial charge on any atom is 0.123 e. The van der Waals surface area contributed by atoms with E-state index in [0.29, 0.717) is 5.56 Å². The molecule has 0 radical (unpaired) electrons. The van der Waals surface area contributed by atoms with Crippen LogP contribution < -0.4 is 0 Å². The zero-order valence-electron chi connectivity index (χ0n) is 15.0. The number of hydrogen-bond donors (Lipinski definition) is 1. The fourth-order valence-corrected chi connectivity index (χ4v) is 3.09. The molecule has 0 aromatic heterocycles. The Kier molecular flexibility index (Phi) is 6.04. The monoisotopic (exact) mass is 321 g/mol. The summed E-state index contributed by atoms with van der Waals surface area (Å²) in [6.45, 7) is 6.70. The molecule has 2 aromatic carbocycles. The van der Waals surface area contributed by atoms with Crippen molar-refractivity contribution in [2.24, 2.45) is 0 Å². The Balaban J connectivity index is 2.21. The average molecular weight is 321 g/mol. The Bertz CT molecular complexity index is 725. The lowest BCUT2D eigenvalue weighted by atomic mass is 9.79. The molecule has 24 heavy (non-hydrogen) atoms. The highest BCUT2D eigenvalue weighted by atomic mass is 16.3. The van der Waals surface area contributed by atoms with Gasteiger partial charge in [-0.25, -0.2) is 0 Å². The van der Waals surface area contributed by atoms with E-state index in [9.17, 15) is 5.11 Å². The van der Waals surface area contributed by atoms with Gasteiger partial charge in [0, 0.05) is 5.56 Å². The second-order valence-electron chi connectivity index (χ2n) is 7.12. The third-order valence-corrected chi connectivity index (χ3v) is 4.74. The van der Waals surface area contributed by atoms with Crippen molar-refractivity contribution in [3.05, 3.63) is 53.6 Å². The molecule has 0 fully saturated rings. The molecule has 0 aliphatic rings. The van der Waals surface area contributed by atoms with Crippen LogP contribution in [0, 0.1) is 11.3 Å². The van der Waals surface area contributed by atoms with E-state index in [0.717, 1.165) is 23.1 Å². The van der Waals surface area contributed by atoms with Crippen molar-refractivity contribution in [3.63, 3.8) is 0 Å². The van der Waals surface area contributed by atoms with Crippen LogP contribution in [0.5, 0.6) is 5.75 Å². The summed E-state index contributed by atoms with van der Waals surface area (Å²) in [4.78, 5) is 0. The van der Waals surface area contributed by atoms with Crippen LogP contribution in [-0.2, 0) is 5.41 Å². The van der Waals surface area contributed by atoms with Crippen molar-refractivity contribution >= 4 is 0 Å². The number of phenolic OH excluding ortho intramolecular Hbond substituents is 1. The first-order chi connectivity index (χ1) is 11.5. The highest BCUT2D eigenvalue weighted by molar-refractivity contribution is 5.71. The zero-order chi connectivity index (χ0) is 17.6. The maximum atomic E-state index is 10.5. The van der Waals surface area contributed by atoms with Crippen LogP contribution in [-0.4, -0.2) is 5.11 Å². The van der Waals surface area contributed by atoms with Gasteiger partial charge in [0.05, 0.1) is 11.6 Å². The predicted molar refractivity (Wildman–Crippen MR) is 100 cm³/mol. The molecule has 0 aliphatic carbocycles. The molecule has 0 saturated heterocycles. The number of unbranched alkanes of at least 4 members (excludes halogenated alkanes) is 3. The normalized spacial score (nSPS) is 11.2. The SMILES string of the molecule is CCCCCCC(C)(C)c1ccc(-c2cccc(C#N)c2)c(O)c1. The standard InChI is InChI=1S/C22H27NO/c1-4-5-6-7-13-22(2,3)19-11-12-20(21(24)15-19)18-10-8-9-17(14-18)16-23/h8-12,14-15,24H,4-7,13H2,1-3H3. The van der Waals surface area contributed by atoms with Gasteiger partial charge in [-0.1, -0.05) is 70.7 Å². The summed E-state index contributed by atoms with van der Waals surface area (Å²) in [7, 11) is 0. The molecule has 0 aliphatic heterocycles. The maximum absolute atomic E-state index is 10.5. The fraction of sp³-hybridized carbons (Fsp3) is 0.409. The lowest BCUT2D eigenvalue weighted by molar-refractivity contribution is 0.438. The summed E-state index contributed by atoms with van der Waals surface area (Å²) >= 11 is 0. The summed E-state index contributed by atoms with van der Waals surface area (Å²) in [6.07, 6.45) is 6.14. The van der Waals surface area contributed by atoms with E-state index in [2.05, 4.69) is 32.9 Å². The van der Waals surface area contributed by atoms with Crippen molar-refractivity contribution < 1.29 is 5.11 Å². The molecule has 0 heterocycles. The third-order valence-electron chi connectivity index (χ3n) is 4.74. The summed E-state index contributed by atoms with van der Waals surface area (Å²) in [5.41, 5.74) is 3.47. The Morgan fingerprint density at radius 2 is 1.83 bits per heavy atom. The van der Waals surface area contributed by atoms with Crippen LogP contribution in [0.4, 0.5) is 0 Å². The lowest BCUT2D eigenvalue weighted by Crippen LogP contribution is -2.16. The molecule has 0 amide bonds. The summed E-state index contributed by atoms with van der Waals surface area (Å²) in [5.74, 6) is 0.282. The molecule has 2 heteroatoms. The van der Waals surface area contributed by atoms with Gasteiger partial charge in [-0.2, -0.15) is 5.26 Å². The molecule has 0 atom stereocenters. The largest absolute Gasteiger partial charge is 0.507 e. The second kappa shape index (κ2) is 8.02. The third kappa shape index (κ3) is 4.38. The summed E-state index contributed by atoms with van der Waals surface area (Å²) < 4.78 is 0. The number of hydrogen-bond acceptors (Lipinski definition) is 2. The summed E-state index contributed by atoms with van der Waals surface area (Å²) in [5, 5.41) is 19.5. The van der Waals surface area contributed by atoms with E-state index in [-0.39, 0.29) is 11.2 Å². The number of aromatic hydroxyl groups is 1. The quantitative estimate of drug-likeness (QED) is 0.619. The Morgan fingerprint density at radius 3 is 2.50 bits per heavy atom. The molecular formula is C22H27NO. The van der Waals surface area contributed by atoms with Gasteiger partial charge in [-0.05, 0) is 41.2 Å². The Hall–Kier alpha value is -2.27. The van der Waals surface area contributed by atoms with E-state index < -0.39 is 0 Å². The molecule has 0 saturated carbocycles. The number of rotatable bonds is 7. The minimum Gasteiger partial charge on any atom is -0.507 e. The van der Waals surface area contributed by atoms with Gasteiger partial charge in [-0.3, -0.25) is 0 Å². The molecule has 0 spiro atoms. The highest BCUT2D eigenvalue weighted by Crippen LogP contribution is 2.36. The molecule has 0 bridgehead atoms. The topological polar surface area (TPSA) is 44.0 Å². The Morgan fingerprint density at radius 1 is 1.04 bits per heavy atom. The van der Waals surface area contributed by atoms with Gasteiger partial charge in [0.15, 0.2) is 0 Å². The number of phenols is 1. The highest BCUT2D eigenvalue weighted by Gasteiger charge is 2.21. The summed E-state index contributed by atoms with van der Waals surface area (Å²) in [6, 6.07) is 15.4. The van der Waals surface area contributed by atoms with Gasteiger partial charge < -0.3 is 5.11 Å². The second-order valence-corrected chi connectivity index (χ2v) is 7.12. The van der Waals surface area contributed by atoms with Gasteiger partial charge in [0.25, 0.3) is 0 Å². The fourth-order valence-electron chi connectivity index (χ4n) is 3.09. The van der Waals surface area contributed by atoms with E-state index >= 15 is 0 Å². The van der Waals surface area contributed by atoms with Crippen molar-refractivity contribution in [2.45, 2.75) is 58.3 Å². The van der Waals surface area contributed by atoms with Gasteiger partial charge >= 0.3 is 0 Å². The van der Waals surface area contributed by atoms with Crippen molar-refractivity contribution in [1.82, 2.24) is 0 Å². The van der Waals surface area contributed by atoms with Crippen LogP contribution in [0.3, 0.4) is 0 Å².